The maximum absolute atomic E-state index is 12.7. The zero-order valence-corrected chi connectivity index (χ0v) is 18.9. The number of carbonyl (C=O) groups excluding carboxylic acids is 1. The second-order valence-electron chi connectivity index (χ2n) is 7.80. The van der Waals surface area contributed by atoms with E-state index in [9.17, 15) is 4.79 Å². The fraction of sp³-hybridized carbons (Fsp3) is 0.391. The Kier molecular flexibility index (Phi) is 6.89. The van der Waals surface area contributed by atoms with Crippen molar-refractivity contribution in [3.05, 3.63) is 53.1 Å². The van der Waals surface area contributed by atoms with E-state index in [4.69, 9.17) is 9.47 Å². The van der Waals surface area contributed by atoms with Crippen LogP contribution in [0.1, 0.15) is 36.5 Å². The van der Waals surface area contributed by atoms with Crippen LogP contribution < -0.4 is 9.47 Å². The van der Waals surface area contributed by atoms with Crippen LogP contribution in [0.5, 0.6) is 11.5 Å². The van der Waals surface area contributed by atoms with Gasteiger partial charge in [-0.1, -0.05) is 38.1 Å². The van der Waals surface area contributed by atoms with E-state index >= 15 is 0 Å². The Morgan fingerprint density at radius 1 is 1.10 bits per heavy atom. The molecule has 8 nitrogen and oxygen atoms in total. The van der Waals surface area contributed by atoms with Crippen LogP contribution in [0.4, 0.5) is 0 Å². The third kappa shape index (κ3) is 5.20. The average Bonchev–Trinajstić information content (AvgIpc) is 3.23. The molecule has 0 saturated heterocycles. The van der Waals surface area contributed by atoms with Gasteiger partial charge in [0.2, 0.25) is 11.7 Å². The van der Waals surface area contributed by atoms with Gasteiger partial charge in [0, 0.05) is 19.2 Å². The van der Waals surface area contributed by atoms with E-state index in [0.717, 1.165) is 16.7 Å². The number of benzene rings is 2. The smallest absolute Gasteiger partial charge is 0.246 e. The average molecular weight is 424 g/mol. The lowest BCUT2D eigenvalue weighted by atomic mass is 10.0. The number of amides is 1. The molecule has 0 aliphatic carbocycles. The first-order valence-corrected chi connectivity index (χ1v) is 10.2. The number of hydrogen-bond acceptors (Lipinski definition) is 6. The highest BCUT2D eigenvalue weighted by atomic mass is 16.5. The predicted molar refractivity (Wildman–Crippen MR) is 118 cm³/mol. The Bertz CT molecular complexity index is 1040. The number of tetrazole rings is 1. The molecule has 1 amide bonds. The zero-order valence-electron chi connectivity index (χ0n) is 18.9. The lowest BCUT2D eigenvalue weighted by Gasteiger charge is -2.19. The Labute approximate surface area is 182 Å². The van der Waals surface area contributed by atoms with Crippen LogP contribution in [-0.2, 0) is 17.9 Å². The standard InChI is InChI=1S/C23H29N5O3/c1-15(2)17-7-9-18(10-8-17)23-24-26-28(25-23)14-22(29)27(4)13-19-12-21(31-6)20(30-5)11-16(19)3/h7-12,15H,13-14H2,1-6H3. The van der Waals surface area contributed by atoms with Crippen LogP contribution in [0.3, 0.4) is 0 Å². The molecule has 31 heavy (non-hydrogen) atoms. The van der Waals surface area contributed by atoms with Crippen LogP contribution in [0, 0.1) is 6.92 Å². The lowest BCUT2D eigenvalue weighted by molar-refractivity contribution is -0.131. The summed E-state index contributed by atoms with van der Waals surface area (Å²) >= 11 is 0. The third-order valence-electron chi connectivity index (χ3n) is 5.24. The number of nitrogens with zero attached hydrogens (tertiary/aromatic N) is 5. The van der Waals surface area contributed by atoms with Gasteiger partial charge in [0.1, 0.15) is 6.54 Å². The van der Waals surface area contributed by atoms with Crippen molar-refractivity contribution in [2.24, 2.45) is 0 Å². The van der Waals surface area contributed by atoms with Gasteiger partial charge in [-0.25, -0.2) is 0 Å². The summed E-state index contributed by atoms with van der Waals surface area (Å²) in [5.74, 6) is 2.14. The molecular formula is C23H29N5O3. The molecule has 0 spiro atoms. The van der Waals surface area contributed by atoms with Crippen molar-refractivity contribution < 1.29 is 14.3 Å². The topological polar surface area (TPSA) is 82.4 Å². The number of carbonyl (C=O) groups is 1. The highest BCUT2D eigenvalue weighted by molar-refractivity contribution is 5.75. The molecule has 1 heterocycles. The van der Waals surface area contributed by atoms with Gasteiger partial charge < -0.3 is 14.4 Å². The second-order valence-corrected chi connectivity index (χ2v) is 7.80. The van der Waals surface area contributed by atoms with Crippen molar-refractivity contribution in [1.29, 1.82) is 0 Å². The minimum Gasteiger partial charge on any atom is -0.493 e. The van der Waals surface area contributed by atoms with Crippen LogP contribution in [0.25, 0.3) is 11.4 Å². The molecule has 0 fully saturated rings. The molecule has 2 aromatic carbocycles. The summed E-state index contributed by atoms with van der Waals surface area (Å²) in [7, 11) is 4.95. The maximum atomic E-state index is 12.7. The van der Waals surface area contributed by atoms with Crippen molar-refractivity contribution >= 4 is 5.91 Å². The van der Waals surface area contributed by atoms with Crippen molar-refractivity contribution in [2.75, 3.05) is 21.3 Å². The monoisotopic (exact) mass is 423 g/mol. The van der Waals surface area contributed by atoms with E-state index < -0.39 is 0 Å². The van der Waals surface area contributed by atoms with Gasteiger partial charge in [-0.3, -0.25) is 4.79 Å². The summed E-state index contributed by atoms with van der Waals surface area (Å²) in [6.07, 6.45) is 0. The van der Waals surface area contributed by atoms with Crippen molar-refractivity contribution in [3.63, 3.8) is 0 Å². The normalized spacial score (nSPS) is 10.9. The Balaban J connectivity index is 1.67. The Morgan fingerprint density at radius 3 is 2.35 bits per heavy atom. The molecule has 164 valence electrons. The summed E-state index contributed by atoms with van der Waals surface area (Å²) in [6.45, 7) is 6.72. The zero-order chi connectivity index (χ0) is 22.5. The first kappa shape index (κ1) is 22.3. The van der Waals surface area contributed by atoms with Gasteiger partial charge in [0.15, 0.2) is 11.5 Å². The van der Waals surface area contributed by atoms with Crippen LogP contribution in [0.15, 0.2) is 36.4 Å². The lowest BCUT2D eigenvalue weighted by Crippen LogP contribution is -2.30. The van der Waals surface area contributed by atoms with E-state index in [2.05, 4.69) is 41.4 Å². The maximum Gasteiger partial charge on any atom is 0.246 e. The molecule has 0 unspecified atom stereocenters. The number of rotatable bonds is 8. The predicted octanol–water partition coefficient (Wildman–Crippen LogP) is 3.45. The van der Waals surface area contributed by atoms with Gasteiger partial charge in [-0.2, -0.15) is 4.80 Å². The first-order chi connectivity index (χ1) is 14.8. The van der Waals surface area contributed by atoms with Crippen molar-refractivity contribution in [2.45, 2.75) is 39.8 Å². The summed E-state index contributed by atoms with van der Waals surface area (Å²) in [6, 6.07) is 11.9. The summed E-state index contributed by atoms with van der Waals surface area (Å²) < 4.78 is 10.7. The highest BCUT2D eigenvalue weighted by Crippen LogP contribution is 2.30. The quantitative estimate of drug-likeness (QED) is 0.552. The van der Waals surface area contributed by atoms with Crippen molar-refractivity contribution in [3.8, 4) is 22.9 Å². The molecule has 0 aliphatic heterocycles. The van der Waals surface area contributed by atoms with Crippen LogP contribution >= 0.6 is 0 Å². The minimum atomic E-state index is -0.117. The minimum absolute atomic E-state index is 0.0138. The number of aromatic nitrogens is 4. The molecule has 0 radical (unpaired) electrons. The number of likely N-dealkylation sites (N-methyl/N-ethyl adjacent to an activating group) is 1. The van der Waals surface area contributed by atoms with Gasteiger partial charge in [0.25, 0.3) is 0 Å². The van der Waals surface area contributed by atoms with Crippen LogP contribution in [0.2, 0.25) is 0 Å². The second kappa shape index (κ2) is 9.59. The molecule has 8 heteroatoms. The molecule has 0 bridgehead atoms. The van der Waals surface area contributed by atoms with E-state index in [1.807, 2.05) is 31.2 Å². The van der Waals surface area contributed by atoms with E-state index in [0.29, 0.717) is 29.8 Å². The van der Waals surface area contributed by atoms with E-state index in [-0.39, 0.29) is 12.5 Å². The summed E-state index contributed by atoms with van der Waals surface area (Å²) in [4.78, 5) is 15.7. The van der Waals surface area contributed by atoms with Gasteiger partial charge in [-0.15, -0.1) is 10.2 Å². The number of hydrogen-bond donors (Lipinski definition) is 0. The van der Waals surface area contributed by atoms with E-state index in [1.165, 1.54) is 10.4 Å². The molecule has 3 rings (SSSR count). The van der Waals surface area contributed by atoms with Crippen LogP contribution in [-0.4, -0.2) is 52.3 Å². The molecule has 0 saturated carbocycles. The molecule has 0 aliphatic rings. The first-order valence-electron chi connectivity index (χ1n) is 10.2. The van der Waals surface area contributed by atoms with Crippen molar-refractivity contribution in [1.82, 2.24) is 25.1 Å². The Morgan fingerprint density at radius 2 is 1.74 bits per heavy atom. The number of ether oxygens (including phenoxy) is 2. The number of methoxy groups -OCH3 is 2. The van der Waals surface area contributed by atoms with Gasteiger partial charge >= 0.3 is 0 Å². The fourth-order valence-corrected chi connectivity index (χ4v) is 3.22. The number of aryl methyl sites for hydroxylation is 1. The fourth-order valence-electron chi connectivity index (χ4n) is 3.22. The Hall–Kier alpha value is -3.42. The van der Waals surface area contributed by atoms with Gasteiger partial charge in [-0.05, 0) is 46.9 Å². The largest absolute Gasteiger partial charge is 0.493 e. The molecule has 3 aromatic rings. The molecule has 1 aromatic heterocycles. The highest BCUT2D eigenvalue weighted by Gasteiger charge is 2.16. The molecule has 0 atom stereocenters. The third-order valence-corrected chi connectivity index (χ3v) is 5.24. The SMILES string of the molecule is COc1cc(C)c(CN(C)C(=O)Cn2nnc(-c3ccc(C(C)C)cc3)n2)cc1OC. The summed E-state index contributed by atoms with van der Waals surface area (Å²) in [5.41, 5.74) is 4.12. The molecular weight excluding hydrogens is 394 g/mol. The molecule has 0 N–H and O–H groups in total. The van der Waals surface area contributed by atoms with E-state index in [1.54, 1.807) is 26.2 Å². The summed E-state index contributed by atoms with van der Waals surface area (Å²) in [5, 5.41) is 12.5. The van der Waals surface area contributed by atoms with Gasteiger partial charge in [0.05, 0.1) is 14.2 Å².